The third-order valence-electron chi connectivity index (χ3n) is 3.99. The van der Waals surface area contributed by atoms with Crippen molar-refractivity contribution in [3.05, 3.63) is 6.58 Å². The van der Waals surface area contributed by atoms with E-state index in [1.54, 1.807) is 0 Å². The predicted octanol–water partition coefficient (Wildman–Crippen LogP) is 6.34. The number of hydrogen-bond acceptors (Lipinski definition) is 2. The average molecular weight is 327 g/mol. The molecule has 0 fully saturated rings. The molecule has 0 saturated carbocycles. The molecule has 136 valence electrons. The van der Waals surface area contributed by atoms with Crippen LogP contribution >= 0.6 is 0 Å². The van der Waals surface area contributed by atoms with Gasteiger partial charge in [0.15, 0.2) is 0 Å². The van der Waals surface area contributed by atoms with E-state index in [2.05, 4.69) is 13.5 Å². The number of hydrogen-bond donors (Lipinski definition) is 1. The molecule has 3 nitrogen and oxygen atoms in total. The van der Waals surface area contributed by atoms with Crippen LogP contribution in [0.3, 0.4) is 0 Å². The molecule has 0 aromatic carbocycles. The van der Waals surface area contributed by atoms with Gasteiger partial charge in [-0.1, -0.05) is 96.8 Å². The van der Waals surface area contributed by atoms with Gasteiger partial charge in [-0.2, -0.15) is 0 Å². The van der Waals surface area contributed by atoms with Gasteiger partial charge in [0, 0.05) is 6.42 Å². The molecule has 0 radical (unpaired) electrons. The minimum Gasteiger partial charge on any atom is -0.481 e. The number of aliphatic carboxylic acids is 1. The zero-order chi connectivity index (χ0) is 17.6. The number of carboxylic acids is 1. The van der Waals surface area contributed by atoms with E-state index in [1.807, 2.05) is 0 Å². The number of carbonyl (C=O) groups is 1. The Kier molecular flexibility index (Phi) is 24.4. The summed E-state index contributed by atoms with van der Waals surface area (Å²) in [5.41, 5.74) is 0. The number of carbonyl (C=O) groups excluding carboxylic acids is 1. The first-order valence-electron chi connectivity index (χ1n) is 9.55. The lowest BCUT2D eigenvalue weighted by atomic mass is 10.0. The van der Waals surface area contributed by atoms with Crippen molar-refractivity contribution in [2.45, 2.75) is 110 Å². The summed E-state index contributed by atoms with van der Waals surface area (Å²) in [5.74, 6) is 0.597. The van der Waals surface area contributed by atoms with E-state index < -0.39 is 5.97 Å². The minimum absolute atomic E-state index is 0.345. The maximum atomic E-state index is 10.3. The Morgan fingerprint density at radius 1 is 0.739 bits per heavy atom. The number of rotatable bonds is 16. The van der Waals surface area contributed by atoms with Gasteiger partial charge in [0.25, 0.3) is 0 Å². The Morgan fingerprint density at radius 2 is 1.00 bits per heavy atom. The molecule has 0 aromatic rings. The normalized spacial score (nSPS) is 9.78. The monoisotopic (exact) mass is 326 g/mol. The van der Waals surface area contributed by atoms with E-state index in [9.17, 15) is 4.79 Å². The summed E-state index contributed by atoms with van der Waals surface area (Å²) in [6.07, 6.45) is 20.2. The highest BCUT2D eigenvalue weighted by molar-refractivity contribution is 5.66. The topological polar surface area (TPSA) is 54.4 Å². The summed E-state index contributed by atoms with van der Waals surface area (Å²) in [7, 11) is 0. The van der Waals surface area contributed by atoms with Crippen LogP contribution in [-0.2, 0) is 9.59 Å². The first-order valence-corrected chi connectivity index (χ1v) is 9.55. The predicted molar refractivity (Wildman–Crippen MR) is 98.5 cm³/mol. The molecule has 0 atom stereocenters. The molecule has 0 aromatic heterocycles. The highest BCUT2D eigenvalue weighted by Gasteiger charge is 1.97. The second-order valence-corrected chi connectivity index (χ2v) is 6.24. The molecule has 0 amide bonds. The van der Waals surface area contributed by atoms with Gasteiger partial charge in [-0.05, 0) is 13.0 Å². The Morgan fingerprint density at radius 3 is 1.26 bits per heavy atom. The summed E-state index contributed by atoms with van der Waals surface area (Å²) in [6, 6.07) is 0. The second-order valence-electron chi connectivity index (χ2n) is 6.24. The van der Waals surface area contributed by atoms with Crippen LogP contribution in [-0.4, -0.2) is 17.0 Å². The third kappa shape index (κ3) is 29.5. The van der Waals surface area contributed by atoms with Gasteiger partial charge in [0.05, 0.1) is 0 Å². The Bertz CT molecular complexity index is 268. The minimum atomic E-state index is -0.653. The summed E-state index contributed by atoms with van der Waals surface area (Å²) < 4.78 is 0. The SMILES string of the molecule is C=C=O.CCCCCCCCCCCCCCCCCC(=O)O. The summed E-state index contributed by atoms with van der Waals surface area (Å²) >= 11 is 0. The molecule has 23 heavy (non-hydrogen) atoms. The molecular formula is C20H38O3. The molecule has 0 heterocycles. The van der Waals surface area contributed by atoms with Crippen LogP contribution < -0.4 is 0 Å². The number of unbranched alkanes of at least 4 members (excludes halogenated alkanes) is 14. The van der Waals surface area contributed by atoms with Gasteiger partial charge >= 0.3 is 5.97 Å². The molecule has 0 spiro atoms. The van der Waals surface area contributed by atoms with Crippen LogP contribution in [0.15, 0.2) is 6.58 Å². The highest BCUT2D eigenvalue weighted by Crippen LogP contribution is 2.13. The van der Waals surface area contributed by atoms with Crippen LogP contribution in [0.5, 0.6) is 0 Å². The van der Waals surface area contributed by atoms with Gasteiger partial charge in [0.1, 0.15) is 5.94 Å². The van der Waals surface area contributed by atoms with Crippen molar-refractivity contribution < 1.29 is 14.7 Å². The van der Waals surface area contributed by atoms with Crippen LogP contribution in [0, 0.1) is 0 Å². The molecule has 0 aliphatic heterocycles. The van der Waals surface area contributed by atoms with Crippen molar-refractivity contribution >= 4 is 11.9 Å². The molecular weight excluding hydrogens is 288 g/mol. The van der Waals surface area contributed by atoms with E-state index >= 15 is 0 Å². The molecule has 0 bridgehead atoms. The number of carboxylic acid groups (broad SMARTS) is 1. The van der Waals surface area contributed by atoms with E-state index in [-0.39, 0.29) is 0 Å². The van der Waals surface area contributed by atoms with Crippen molar-refractivity contribution in [1.29, 1.82) is 0 Å². The maximum Gasteiger partial charge on any atom is 0.303 e. The van der Waals surface area contributed by atoms with E-state index in [0.717, 1.165) is 12.8 Å². The first-order chi connectivity index (χ1) is 11.2. The van der Waals surface area contributed by atoms with Crippen molar-refractivity contribution in [3.63, 3.8) is 0 Å². The van der Waals surface area contributed by atoms with Crippen LogP contribution in [0.4, 0.5) is 0 Å². The van der Waals surface area contributed by atoms with E-state index in [0.29, 0.717) is 6.42 Å². The smallest absolute Gasteiger partial charge is 0.303 e. The van der Waals surface area contributed by atoms with Gasteiger partial charge in [-0.3, -0.25) is 4.79 Å². The van der Waals surface area contributed by atoms with Crippen LogP contribution in [0.25, 0.3) is 0 Å². The molecule has 3 heteroatoms. The van der Waals surface area contributed by atoms with Crippen LogP contribution in [0.1, 0.15) is 110 Å². The standard InChI is InChI=1S/C18H36O2.C2H2O/c1-2-3-4-5-6-7-8-9-10-11-12-13-14-15-16-17-18(19)20;1-2-3/h2-17H2,1H3,(H,19,20);1H2. The lowest BCUT2D eigenvalue weighted by Crippen LogP contribution is -1.93. The first kappa shape index (κ1) is 24.2. The van der Waals surface area contributed by atoms with Gasteiger partial charge in [-0.15, -0.1) is 0 Å². The summed E-state index contributed by atoms with van der Waals surface area (Å²) in [4.78, 5) is 18.9. The van der Waals surface area contributed by atoms with Gasteiger partial charge in [-0.25, -0.2) is 4.79 Å². The highest BCUT2D eigenvalue weighted by atomic mass is 16.4. The Balaban J connectivity index is 0. The fourth-order valence-electron chi connectivity index (χ4n) is 2.65. The molecule has 0 saturated heterocycles. The zero-order valence-electron chi connectivity index (χ0n) is 15.3. The lowest BCUT2D eigenvalue weighted by molar-refractivity contribution is -0.137. The zero-order valence-corrected chi connectivity index (χ0v) is 15.3. The van der Waals surface area contributed by atoms with Crippen molar-refractivity contribution in [1.82, 2.24) is 0 Å². The summed E-state index contributed by atoms with van der Waals surface area (Å²) in [6.45, 7) is 4.95. The van der Waals surface area contributed by atoms with Crippen molar-refractivity contribution in [3.8, 4) is 0 Å². The molecule has 0 aliphatic rings. The fraction of sp³-hybridized carbons (Fsp3) is 0.850. The Labute approximate surface area is 143 Å². The molecule has 0 aliphatic carbocycles. The van der Waals surface area contributed by atoms with Gasteiger partial charge in [0.2, 0.25) is 0 Å². The fourth-order valence-corrected chi connectivity index (χ4v) is 2.65. The molecule has 0 rings (SSSR count). The van der Waals surface area contributed by atoms with Crippen molar-refractivity contribution in [2.75, 3.05) is 0 Å². The third-order valence-corrected chi connectivity index (χ3v) is 3.99. The second kappa shape index (κ2) is 23.2. The quantitative estimate of drug-likeness (QED) is 0.266. The lowest BCUT2D eigenvalue weighted by Gasteiger charge is -2.03. The van der Waals surface area contributed by atoms with Gasteiger partial charge < -0.3 is 5.11 Å². The molecule has 1 N–H and O–H groups in total. The van der Waals surface area contributed by atoms with Crippen molar-refractivity contribution in [2.24, 2.45) is 0 Å². The summed E-state index contributed by atoms with van der Waals surface area (Å²) in [5, 5.41) is 8.52. The maximum absolute atomic E-state index is 10.3. The van der Waals surface area contributed by atoms with Crippen LogP contribution in [0.2, 0.25) is 0 Å². The molecule has 0 unspecified atom stereocenters. The van der Waals surface area contributed by atoms with E-state index in [1.165, 1.54) is 89.4 Å². The average Bonchev–Trinajstić information content (AvgIpc) is 2.51. The van der Waals surface area contributed by atoms with E-state index in [4.69, 9.17) is 9.90 Å². The largest absolute Gasteiger partial charge is 0.481 e. The Hall–Kier alpha value is -1.08.